The highest BCUT2D eigenvalue weighted by Gasteiger charge is 2.35. The van der Waals surface area contributed by atoms with Gasteiger partial charge in [-0.1, -0.05) is 42.0 Å². The molecule has 0 unspecified atom stereocenters. The molecule has 2 aliphatic rings. The number of para-hydroxylation sites is 1. The van der Waals surface area contributed by atoms with Gasteiger partial charge < -0.3 is 14.3 Å². The molecule has 2 aromatic heterocycles. The Balaban J connectivity index is 1.31. The molecule has 0 atom stereocenters. The first-order valence-corrected chi connectivity index (χ1v) is 12.1. The van der Waals surface area contributed by atoms with Crippen molar-refractivity contribution in [1.82, 2.24) is 14.9 Å². The summed E-state index contributed by atoms with van der Waals surface area (Å²) in [7, 11) is 0. The average molecular weight is 440 g/mol. The second-order valence-corrected chi connectivity index (χ2v) is 9.68. The zero-order valence-electron chi connectivity index (χ0n) is 19.0. The number of carbonyl (C=O) groups excluding carboxylic acids is 1. The summed E-state index contributed by atoms with van der Waals surface area (Å²) >= 11 is 0. The first-order chi connectivity index (χ1) is 16.2. The minimum atomic E-state index is -0.00565. The van der Waals surface area contributed by atoms with Crippen LogP contribution < -0.4 is 0 Å². The normalized spacial score (nSPS) is 15.8. The largest absolute Gasteiger partial charge is 0.440 e. The Bertz CT molecular complexity index is 1310. The molecule has 168 valence electrons. The van der Waals surface area contributed by atoms with Crippen molar-refractivity contribution in [2.45, 2.75) is 44.9 Å². The molecule has 0 spiro atoms. The second kappa shape index (κ2) is 8.22. The molecule has 2 aromatic carbocycles. The van der Waals surface area contributed by atoms with Gasteiger partial charge >= 0.3 is 0 Å². The monoisotopic (exact) mass is 439 g/mol. The van der Waals surface area contributed by atoms with Crippen LogP contribution in [0.1, 0.15) is 59.1 Å². The molecule has 2 fully saturated rings. The maximum absolute atomic E-state index is 13.9. The highest BCUT2D eigenvalue weighted by molar-refractivity contribution is 5.98. The van der Waals surface area contributed by atoms with Gasteiger partial charge in [-0.15, -0.1) is 0 Å². The lowest BCUT2D eigenvalue weighted by Crippen LogP contribution is -2.35. The van der Waals surface area contributed by atoms with Crippen molar-refractivity contribution >= 4 is 16.8 Å². The summed E-state index contributed by atoms with van der Waals surface area (Å²) in [6.07, 6.45) is 7.47. The van der Waals surface area contributed by atoms with E-state index in [1.807, 2.05) is 23.1 Å². The summed E-state index contributed by atoms with van der Waals surface area (Å²) in [6, 6.07) is 16.5. The molecule has 5 heteroatoms. The van der Waals surface area contributed by atoms with Crippen LogP contribution in [0.5, 0.6) is 0 Å². The first kappa shape index (κ1) is 20.3. The van der Waals surface area contributed by atoms with Gasteiger partial charge in [0.1, 0.15) is 0 Å². The number of fused-ring (bicyclic) bond motifs is 1. The lowest BCUT2D eigenvalue weighted by atomic mass is 10.1. The summed E-state index contributed by atoms with van der Waals surface area (Å²) < 4.78 is 6.22. The van der Waals surface area contributed by atoms with E-state index in [1.54, 1.807) is 0 Å². The van der Waals surface area contributed by atoms with Crippen molar-refractivity contribution in [2.75, 3.05) is 13.1 Å². The number of nitrogens with zero attached hydrogens (tertiary/aromatic N) is 2. The molecular formula is C28H29N3O2. The summed E-state index contributed by atoms with van der Waals surface area (Å²) in [5.74, 6) is 2.30. The molecule has 0 radical (unpaired) electrons. The maximum Gasteiger partial charge on any atom is 0.276 e. The van der Waals surface area contributed by atoms with E-state index in [9.17, 15) is 4.79 Å². The highest BCUT2D eigenvalue weighted by atomic mass is 16.4. The smallest absolute Gasteiger partial charge is 0.276 e. The van der Waals surface area contributed by atoms with Gasteiger partial charge in [-0.3, -0.25) is 4.79 Å². The Morgan fingerprint density at radius 2 is 1.97 bits per heavy atom. The van der Waals surface area contributed by atoms with Gasteiger partial charge in [0.25, 0.3) is 5.91 Å². The number of H-pyrrole nitrogens is 1. The fourth-order valence-electron chi connectivity index (χ4n) is 4.60. The van der Waals surface area contributed by atoms with Crippen molar-refractivity contribution in [2.24, 2.45) is 5.92 Å². The number of amides is 1. The number of benzene rings is 2. The van der Waals surface area contributed by atoms with E-state index in [4.69, 9.17) is 9.40 Å². The number of hydrogen-bond acceptors (Lipinski definition) is 3. The predicted octanol–water partition coefficient (Wildman–Crippen LogP) is 6.10. The van der Waals surface area contributed by atoms with Gasteiger partial charge in [0.15, 0.2) is 17.3 Å². The number of aromatic nitrogens is 2. The number of aromatic amines is 1. The lowest BCUT2D eigenvalue weighted by Gasteiger charge is -2.22. The van der Waals surface area contributed by atoms with Gasteiger partial charge in [0, 0.05) is 41.7 Å². The average Bonchev–Trinajstić information content (AvgIpc) is 3.76. The molecule has 1 amide bonds. The van der Waals surface area contributed by atoms with Crippen molar-refractivity contribution in [3.63, 3.8) is 0 Å². The molecule has 6 rings (SSSR count). The zero-order valence-corrected chi connectivity index (χ0v) is 19.0. The van der Waals surface area contributed by atoms with Crippen LogP contribution in [0.3, 0.4) is 0 Å². The summed E-state index contributed by atoms with van der Waals surface area (Å²) in [4.78, 5) is 24.0. The maximum atomic E-state index is 13.9. The molecule has 5 nitrogen and oxygen atoms in total. The van der Waals surface area contributed by atoms with Gasteiger partial charge in [-0.2, -0.15) is 0 Å². The Morgan fingerprint density at radius 1 is 1.12 bits per heavy atom. The van der Waals surface area contributed by atoms with Gasteiger partial charge in [0.2, 0.25) is 0 Å². The third kappa shape index (κ3) is 4.20. The molecule has 0 aliphatic heterocycles. The number of oxazole rings is 1. The molecular weight excluding hydrogens is 410 g/mol. The third-order valence-corrected chi connectivity index (χ3v) is 6.84. The van der Waals surface area contributed by atoms with Gasteiger partial charge in [0.05, 0.1) is 0 Å². The van der Waals surface area contributed by atoms with E-state index in [0.717, 1.165) is 48.3 Å². The number of rotatable bonds is 8. The summed E-state index contributed by atoms with van der Waals surface area (Å²) in [5, 5.41) is 1.23. The fourth-order valence-corrected chi connectivity index (χ4v) is 4.60. The summed E-state index contributed by atoms with van der Waals surface area (Å²) in [5.41, 5.74) is 4.93. The SMILES string of the molecule is Cc1cccc(-c2oc(C3CC3)nc2C(=O)N(CCc2c[nH]c3ccccc23)CC2CC2)c1. The third-order valence-electron chi connectivity index (χ3n) is 6.84. The first-order valence-electron chi connectivity index (χ1n) is 12.1. The van der Waals surface area contributed by atoms with Crippen LogP contribution in [-0.2, 0) is 6.42 Å². The van der Waals surface area contributed by atoms with E-state index in [1.165, 1.54) is 23.8 Å². The van der Waals surface area contributed by atoms with Crippen molar-refractivity contribution < 1.29 is 9.21 Å². The minimum absolute atomic E-state index is 0.00565. The molecule has 0 saturated heterocycles. The standard InChI is InChI=1S/C28H29N3O2/c1-18-5-4-6-21(15-18)26-25(30-27(33-26)20-11-12-20)28(32)31(17-19-9-10-19)14-13-22-16-29-24-8-3-2-7-23(22)24/h2-8,15-16,19-20,29H,9-14,17H2,1H3. The van der Waals surface area contributed by atoms with E-state index >= 15 is 0 Å². The molecule has 4 aromatic rings. The molecule has 0 bridgehead atoms. The van der Waals surface area contributed by atoms with Crippen LogP contribution in [0.2, 0.25) is 0 Å². The van der Waals surface area contributed by atoms with Gasteiger partial charge in [-0.25, -0.2) is 4.98 Å². The Labute approximate surface area is 193 Å². The zero-order chi connectivity index (χ0) is 22.4. The van der Waals surface area contributed by atoms with E-state index in [2.05, 4.69) is 48.4 Å². The number of nitrogens with one attached hydrogen (secondary N) is 1. The van der Waals surface area contributed by atoms with E-state index < -0.39 is 0 Å². The topological polar surface area (TPSA) is 62.1 Å². The van der Waals surface area contributed by atoms with Crippen molar-refractivity contribution in [3.8, 4) is 11.3 Å². The van der Waals surface area contributed by atoms with E-state index in [0.29, 0.717) is 29.8 Å². The molecule has 2 aliphatic carbocycles. The van der Waals surface area contributed by atoms with Crippen LogP contribution in [0.25, 0.3) is 22.2 Å². The predicted molar refractivity (Wildman–Crippen MR) is 129 cm³/mol. The Hall–Kier alpha value is -3.34. The van der Waals surface area contributed by atoms with Crippen molar-refractivity contribution in [3.05, 3.63) is 77.4 Å². The quantitative estimate of drug-likeness (QED) is 0.361. The van der Waals surface area contributed by atoms with Crippen LogP contribution in [0.15, 0.2) is 59.1 Å². The van der Waals surface area contributed by atoms with E-state index in [-0.39, 0.29) is 5.91 Å². The molecule has 33 heavy (non-hydrogen) atoms. The van der Waals surface area contributed by atoms with Crippen LogP contribution in [-0.4, -0.2) is 33.9 Å². The van der Waals surface area contributed by atoms with Gasteiger partial charge in [-0.05, 0) is 62.6 Å². The van der Waals surface area contributed by atoms with Crippen LogP contribution >= 0.6 is 0 Å². The van der Waals surface area contributed by atoms with Crippen LogP contribution in [0, 0.1) is 12.8 Å². The Morgan fingerprint density at radius 3 is 2.76 bits per heavy atom. The molecule has 2 heterocycles. The number of carbonyl (C=O) groups is 1. The van der Waals surface area contributed by atoms with Crippen molar-refractivity contribution in [1.29, 1.82) is 0 Å². The number of aryl methyl sites for hydroxylation is 1. The fraction of sp³-hybridized carbons (Fsp3) is 0.357. The summed E-state index contributed by atoms with van der Waals surface area (Å²) in [6.45, 7) is 3.53. The van der Waals surface area contributed by atoms with Crippen LogP contribution in [0.4, 0.5) is 0 Å². The Kier molecular flexibility index (Phi) is 5.05. The lowest BCUT2D eigenvalue weighted by molar-refractivity contribution is 0.0744. The molecule has 2 saturated carbocycles. The molecule has 1 N–H and O–H groups in total. The highest BCUT2D eigenvalue weighted by Crippen LogP contribution is 2.42. The number of hydrogen-bond donors (Lipinski definition) is 1. The second-order valence-electron chi connectivity index (χ2n) is 9.68. The minimum Gasteiger partial charge on any atom is -0.440 e.